The zero-order valence-corrected chi connectivity index (χ0v) is 14.5. The standard InChI is InChI=1S/C17H21N3O3S/c1-24-11-15-18-13-4-2-3-5-14(13)20(15)10-16(21)19-8-6-12(7-9-19)17(22)23/h2-5,12H,6-11H2,1H3,(H,22,23). The summed E-state index contributed by atoms with van der Waals surface area (Å²) in [6.07, 6.45) is 3.08. The highest BCUT2D eigenvalue weighted by Crippen LogP contribution is 2.21. The van der Waals surface area contributed by atoms with E-state index in [4.69, 9.17) is 5.11 Å². The first-order chi connectivity index (χ1) is 11.6. The lowest BCUT2D eigenvalue weighted by molar-refractivity contribution is -0.145. The van der Waals surface area contributed by atoms with Gasteiger partial charge in [-0.2, -0.15) is 11.8 Å². The highest BCUT2D eigenvalue weighted by Gasteiger charge is 2.27. The van der Waals surface area contributed by atoms with Crippen LogP contribution in [0.1, 0.15) is 18.7 Å². The molecule has 0 bridgehead atoms. The summed E-state index contributed by atoms with van der Waals surface area (Å²) in [5.41, 5.74) is 1.87. The van der Waals surface area contributed by atoms with Gasteiger partial charge < -0.3 is 14.6 Å². The number of likely N-dealkylation sites (tertiary alicyclic amines) is 1. The van der Waals surface area contributed by atoms with Gasteiger partial charge in [0.2, 0.25) is 5.91 Å². The summed E-state index contributed by atoms with van der Waals surface area (Å²) in [6.45, 7) is 1.29. The molecule has 1 N–H and O–H groups in total. The average molecular weight is 347 g/mol. The first-order valence-electron chi connectivity index (χ1n) is 8.04. The van der Waals surface area contributed by atoms with Crippen LogP contribution in [0.15, 0.2) is 24.3 Å². The van der Waals surface area contributed by atoms with Crippen LogP contribution in [0.25, 0.3) is 11.0 Å². The van der Waals surface area contributed by atoms with Crippen LogP contribution in [0.2, 0.25) is 0 Å². The van der Waals surface area contributed by atoms with E-state index in [1.54, 1.807) is 16.7 Å². The first kappa shape index (κ1) is 16.8. The van der Waals surface area contributed by atoms with Gasteiger partial charge in [-0.3, -0.25) is 9.59 Å². The minimum absolute atomic E-state index is 0.0318. The predicted molar refractivity (Wildman–Crippen MR) is 93.9 cm³/mol. The minimum atomic E-state index is -0.759. The van der Waals surface area contributed by atoms with Crippen molar-refractivity contribution in [2.24, 2.45) is 5.92 Å². The molecule has 0 atom stereocenters. The molecule has 1 aromatic carbocycles. The molecule has 1 amide bonds. The van der Waals surface area contributed by atoms with Crippen LogP contribution in [-0.4, -0.2) is 50.8 Å². The zero-order chi connectivity index (χ0) is 17.1. The number of carboxylic acids is 1. The molecule has 3 rings (SSSR count). The van der Waals surface area contributed by atoms with Gasteiger partial charge in [-0.25, -0.2) is 4.98 Å². The molecule has 128 valence electrons. The van der Waals surface area contributed by atoms with Crippen molar-refractivity contribution in [2.45, 2.75) is 25.1 Å². The van der Waals surface area contributed by atoms with E-state index >= 15 is 0 Å². The highest BCUT2D eigenvalue weighted by molar-refractivity contribution is 7.97. The fraction of sp³-hybridized carbons (Fsp3) is 0.471. The second-order valence-corrected chi connectivity index (χ2v) is 6.90. The molecule has 1 aliphatic rings. The maximum atomic E-state index is 12.7. The number of imidazole rings is 1. The third-order valence-electron chi connectivity index (χ3n) is 4.50. The number of aliphatic carboxylic acids is 1. The fourth-order valence-corrected chi connectivity index (χ4v) is 3.63. The van der Waals surface area contributed by atoms with Gasteiger partial charge in [-0.1, -0.05) is 12.1 Å². The third kappa shape index (κ3) is 3.40. The van der Waals surface area contributed by atoms with E-state index in [9.17, 15) is 9.59 Å². The van der Waals surface area contributed by atoms with Crippen LogP contribution in [0.5, 0.6) is 0 Å². The molecule has 0 saturated carbocycles. The normalized spacial score (nSPS) is 15.8. The van der Waals surface area contributed by atoms with Crippen LogP contribution >= 0.6 is 11.8 Å². The maximum Gasteiger partial charge on any atom is 0.306 e. The lowest BCUT2D eigenvalue weighted by atomic mass is 9.97. The van der Waals surface area contributed by atoms with Crippen molar-refractivity contribution in [3.63, 3.8) is 0 Å². The number of thioether (sulfide) groups is 1. The number of para-hydroxylation sites is 2. The molecule has 2 heterocycles. The summed E-state index contributed by atoms with van der Waals surface area (Å²) in [7, 11) is 0. The summed E-state index contributed by atoms with van der Waals surface area (Å²) in [5, 5.41) is 9.07. The Hall–Kier alpha value is -2.02. The lowest BCUT2D eigenvalue weighted by Crippen LogP contribution is -2.41. The maximum absolute atomic E-state index is 12.7. The molecule has 24 heavy (non-hydrogen) atoms. The highest BCUT2D eigenvalue weighted by atomic mass is 32.2. The molecule has 0 unspecified atom stereocenters. The lowest BCUT2D eigenvalue weighted by Gasteiger charge is -2.30. The average Bonchev–Trinajstić information content (AvgIpc) is 2.93. The van der Waals surface area contributed by atoms with Crippen molar-refractivity contribution in [3.05, 3.63) is 30.1 Å². The van der Waals surface area contributed by atoms with Crippen molar-refractivity contribution < 1.29 is 14.7 Å². The van der Waals surface area contributed by atoms with Gasteiger partial charge in [0.15, 0.2) is 0 Å². The minimum Gasteiger partial charge on any atom is -0.481 e. The molecule has 1 aliphatic heterocycles. The summed E-state index contributed by atoms with van der Waals surface area (Å²) in [4.78, 5) is 30.1. The number of piperidine rings is 1. The topological polar surface area (TPSA) is 75.4 Å². The van der Waals surface area contributed by atoms with Crippen LogP contribution in [0.4, 0.5) is 0 Å². The molecule has 0 spiro atoms. The van der Waals surface area contributed by atoms with E-state index in [-0.39, 0.29) is 18.4 Å². The Morgan fingerprint density at radius 2 is 2.00 bits per heavy atom. The van der Waals surface area contributed by atoms with Gasteiger partial charge in [-0.05, 0) is 31.2 Å². The largest absolute Gasteiger partial charge is 0.481 e. The van der Waals surface area contributed by atoms with Crippen LogP contribution < -0.4 is 0 Å². The molecule has 6 nitrogen and oxygen atoms in total. The number of hydrogen-bond acceptors (Lipinski definition) is 4. The number of rotatable bonds is 5. The number of carbonyl (C=O) groups is 2. The smallest absolute Gasteiger partial charge is 0.306 e. The van der Waals surface area contributed by atoms with Gasteiger partial charge in [0.05, 0.1) is 22.7 Å². The molecule has 2 aromatic rings. The van der Waals surface area contributed by atoms with Crippen molar-refractivity contribution in [2.75, 3.05) is 19.3 Å². The molecular formula is C17H21N3O3S. The third-order valence-corrected chi connectivity index (χ3v) is 5.04. The van der Waals surface area contributed by atoms with E-state index in [2.05, 4.69) is 4.98 Å². The molecule has 1 fully saturated rings. The zero-order valence-electron chi connectivity index (χ0n) is 13.6. The van der Waals surface area contributed by atoms with E-state index in [1.807, 2.05) is 35.1 Å². The van der Waals surface area contributed by atoms with Gasteiger partial charge in [0.25, 0.3) is 0 Å². The summed E-state index contributed by atoms with van der Waals surface area (Å²) in [6, 6.07) is 7.84. The van der Waals surface area contributed by atoms with E-state index in [0.29, 0.717) is 25.9 Å². The van der Waals surface area contributed by atoms with Crippen LogP contribution in [-0.2, 0) is 21.9 Å². The second kappa shape index (κ2) is 7.25. The Bertz CT molecular complexity index is 751. The van der Waals surface area contributed by atoms with E-state index in [1.165, 1.54) is 0 Å². The SMILES string of the molecule is CSCc1nc2ccccc2n1CC(=O)N1CCC(C(=O)O)CC1. The van der Waals surface area contributed by atoms with Crippen molar-refractivity contribution in [1.82, 2.24) is 14.5 Å². The summed E-state index contributed by atoms with van der Waals surface area (Å²) >= 11 is 1.68. The van der Waals surface area contributed by atoms with E-state index in [0.717, 1.165) is 22.6 Å². The number of amides is 1. The Kier molecular flexibility index (Phi) is 5.08. The second-order valence-electron chi connectivity index (χ2n) is 6.03. The Morgan fingerprint density at radius 1 is 1.29 bits per heavy atom. The Morgan fingerprint density at radius 3 is 2.67 bits per heavy atom. The van der Waals surface area contributed by atoms with Crippen LogP contribution in [0, 0.1) is 5.92 Å². The molecule has 7 heteroatoms. The number of carbonyl (C=O) groups excluding carboxylic acids is 1. The molecule has 1 saturated heterocycles. The number of hydrogen-bond donors (Lipinski definition) is 1. The quantitative estimate of drug-likeness (QED) is 0.898. The van der Waals surface area contributed by atoms with Crippen molar-refractivity contribution in [1.29, 1.82) is 0 Å². The number of benzene rings is 1. The Labute approximate surface area is 144 Å². The number of nitrogens with zero attached hydrogens (tertiary/aromatic N) is 3. The number of aromatic nitrogens is 2. The number of carboxylic acid groups (broad SMARTS) is 1. The monoisotopic (exact) mass is 347 g/mol. The summed E-state index contributed by atoms with van der Waals surface area (Å²) < 4.78 is 1.98. The fourth-order valence-electron chi connectivity index (χ4n) is 3.15. The Balaban J connectivity index is 1.76. The molecule has 0 radical (unpaired) electrons. The van der Waals surface area contributed by atoms with Crippen molar-refractivity contribution >= 4 is 34.7 Å². The van der Waals surface area contributed by atoms with Gasteiger partial charge in [0, 0.05) is 13.1 Å². The van der Waals surface area contributed by atoms with Crippen molar-refractivity contribution in [3.8, 4) is 0 Å². The first-order valence-corrected chi connectivity index (χ1v) is 9.43. The number of fused-ring (bicyclic) bond motifs is 1. The van der Waals surface area contributed by atoms with E-state index < -0.39 is 5.97 Å². The predicted octanol–water partition coefficient (Wildman–Crippen LogP) is 2.22. The molecular weight excluding hydrogens is 326 g/mol. The van der Waals surface area contributed by atoms with Gasteiger partial charge >= 0.3 is 5.97 Å². The molecule has 1 aromatic heterocycles. The van der Waals surface area contributed by atoms with Gasteiger partial charge in [-0.15, -0.1) is 0 Å². The molecule has 0 aliphatic carbocycles. The summed E-state index contributed by atoms with van der Waals surface area (Å²) in [5.74, 6) is 0.602. The van der Waals surface area contributed by atoms with Gasteiger partial charge in [0.1, 0.15) is 12.4 Å². The van der Waals surface area contributed by atoms with Crippen LogP contribution in [0.3, 0.4) is 0 Å².